The summed E-state index contributed by atoms with van der Waals surface area (Å²) in [6, 6.07) is 11.2. The molecule has 0 atom stereocenters. The van der Waals surface area contributed by atoms with Crippen LogP contribution >= 0.6 is 0 Å². The molecule has 0 N–H and O–H groups in total. The number of fused-ring (bicyclic) bond motifs is 1. The molecule has 0 saturated carbocycles. The number of methoxy groups -OCH3 is 2. The van der Waals surface area contributed by atoms with E-state index in [4.69, 9.17) is 14.2 Å². The van der Waals surface area contributed by atoms with Crippen LogP contribution in [0.25, 0.3) is 6.08 Å². The number of benzene rings is 2. The van der Waals surface area contributed by atoms with Crippen LogP contribution in [0.2, 0.25) is 0 Å². The molecule has 2 aromatic rings. The monoisotopic (exact) mass is 352 g/mol. The summed E-state index contributed by atoms with van der Waals surface area (Å²) in [5.41, 5.74) is 2.17. The van der Waals surface area contributed by atoms with Crippen molar-refractivity contribution < 1.29 is 19.0 Å². The third-order valence-corrected chi connectivity index (χ3v) is 4.60. The van der Waals surface area contributed by atoms with Crippen LogP contribution in [0, 0.1) is 0 Å². The first-order valence-corrected chi connectivity index (χ1v) is 8.69. The summed E-state index contributed by atoms with van der Waals surface area (Å²) in [5, 5.41) is 0. The van der Waals surface area contributed by atoms with Gasteiger partial charge in [0.25, 0.3) is 0 Å². The fourth-order valence-corrected chi connectivity index (χ4v) is 3.08. The summed E-state index contributed by atoms with van der Waals surface area (Å²) < 4.78 is 16.7. The second-order valence-electron chi connectivity index (χ2n) is 6.96. The molecule has 2 aromatic carbocycles. The highest BCUT2D eigenvalue weighted by molar-refractivity contribution is 6.09. The van der Waals surface area contributed by atoms with Gasteiger partial charge in [-0.15, -0.1) is 0 Å². The van der Waals surface area contributed by atoms with Gasteiger partial charge in [0, 0.05) is 5.56 Å². The largest absolute Gasteiger partial charge is 0.497 e. The molecule has 1 heterocycles. The van der Waals surface area contributed by atoms with E-state index in [9.17, 15) is 4.79 Å². The Balaban J connectivity index is 1.90. The minimum absolute atomic E-state index is 0.0857. The van der Waals surface area contributed by atoms with Gasteiger partial charge in [-0.3, -0.25) is 4.79 Å². The molecule has 0 fully saturated rings. The lowest BCUT2D eigenvalue weighted by atomic mass is 9.91. The normalized spacial score (nSPS) is 15.2. The number of hydrogen-bond donors (Lipinski definition) is 0. The molecule has 0 unspecified atom stereocenters. The highest BCUT2D eigenvalue weighted by Crippen LogP contribution is 2.41. The first-order valence-electron chi connectivity index (χ1n) is 8.69. The van der Waals surface area contributed by atoms with E-state index in [2.05, 4.69) is 0 Å². The summed E-state index contributed by atoms with van der Waals surface area (Å²) in [7, 11) is 3.27. The van der Waals surface area contributed by atoms with Gasteiger partial charge in [0.1, 0.15) is 22.8 Å². The fraction of sp³-hybridized carbons (Fsp3) is 0.318. The molecular weight excluding hydrogens is 328 g/mol. The molecule has 1 aliphatic rings. The van der Waals surface area contributed by atoms with Crippen molar-refractivity contribution in [2.24, 2.45) is 0 Å². The van der Waals surface area contributed by atoms with Crippen molar-refractivity contribution in [2.75, 3.05) is 14.2 Å². The topological polar surface area (TPSA) is 44.8 Å². The minimum atomic E-state index is -0.298. The number of ether oxygens (including phenoxy) is 3. The lowest BCUT2D eigenvalue weighted by Gasteiger charge is -2.34. The van der Waals surface area contributed by atoms with Crippen molar-refractivity contribution in [1.29, 1.82) is 0 Å². The molecule has 136 valence electrons. The van der Waals surface area contributed by atoms with Gasteiger partial charge >= 0.3 is 0 Å². The maximum atomic E-state index is 12.8. The Hall–Kier alpha value is -2.75. The van der Waals surface area contributed by atoms with Gasteiger partial charge in [0.15, 0.2) is 5.78 Å². The summed E-state index contributed by atoms with van der Waals surface area (Å²) >= 11 is 0. The third-order valence-electron chi connectivity index (χ3n) is 4.60. The number of carbonyl (C=O) groups is 1. The van der Waals surface area contributed by atoms with Crippen LogP contribution in [0.5, 0.6) is 17.2 Å². The quantitative estimate of drug-likeness (QED) is 0.578. The summed E-state index contributed by atoms with van der Waals surface area (Å²) in [5.74, 6) is 2.11. The molecule has 1 aliphatic heterocycles. The van der Waals surface area contributed by atoms with Crippen LogP contribution in [-0.2, 0) is 6.42 Å². The Bertz CT molecular complexity index is 832. The number of ketones is 1. The molecule has 26 heavy (non-hydrogen) atoms. The van der Waals surface area contributed by atoms with E-state index in [-0.39, 0.29) is 11.4 Å². The highest BCUT2D eigenvalue weighted by Gasteiger charge is 2.31. The lowest BCUT2D eigenvalue weighted by molar-refractivity contribution is 0.0805. The van der Waals surface area contributed by atoms with E-state index in [0.29, 0.717) is 11.3 Å². The summed E-state index contributed by atoms with van der Waals surface area (Å²) in [4.78, 5) is 12.8. The smallest absolute Gasteiger partial charge is 0.189 e. The standard InChI is InChI=1S/C22H24O4/c1-22(2)14-13-18-20(25-4)12-10-17(21(18)26-22)19(23)11-7-15-5-8-16(24-3)9-6-15/h5-12H,13-14H2,1-4H3/b11-7+. The molecule has 4 heteroatoms. The molecular formula is C22H24O4. The maximum absolute atomic E-state index is 12.8. The van der Waals surface area contributed by atoms with Crippen LogP contribution in [-0.4, -0.2) is 25.6 Å². The van der Waals surface area contributed by atoms with E-state index in [1.807, 2.05) is 44.2 Å². The lowest BCUT2D eigenvalue weighted by Crippen LogP contribution is -2.33. The van der Waals surface area contributed by atoms with Gasteiger partial charge < -0.3 is 14.2 Å². The van der Waals surface area contributed by atoms with Gasteiger partial charge in [-0.25, -0.2) is 0 Å². The Labute approximate surface area is 154 Å². The average molecular weight is 352 g/mol. The summed E-state index contributed by atoms with van der Waals surface area (Å²) in [6.07, 6.45) is 5.09. The zero-order valence-corrected chi connectivity index (χ0v) is 15.7. The predicted molar refractivity (Wildman–Crippen MR) is 102 cm³/mol. The summed E-state index contributed by atoms with van der Waals surface area (Å²) in [6.45, 7) is 4.08. The second-order valence-corrected chi connectivity index (χ2v) is 6.96. The highest BCUT2D eigenvalue weighted by atomic mass is 16.5. The molecule has 0 radical (unpaired) electrons. The third kappa shape index (κ3) is 3.74. The van der Waals surface area contributed by atoms with Crippen molar-refractivity contribution in [1.82, 2.24) is 0 Å². The Morgan fingerprint density at radius 1 is 1.08 bits per heavy atom. The fourth-order valence-electron chi connectivity index (χ4n) is 3.08. The van der Waals surface area contributed by atoms with Crippen molar-refractivity contribution in [2.45, 2.75) is 32.3 Å². The van der Waals surface area contributed by atoms with Crippen molar-refractivity contribution >= 4 is 11.9 Å². The Morgan fingerprint density at radius 2 is 1.81 bits per heavy atom. The van der Waals surface area contributed by atoms with Crippen LogP contribution in [0.1, 0.15) is 41.8 Å². The molecule has 0 bridgehead atoms. The van der Waals surface area contributed by atoms with Gasteiger partial charge in [-0.1, -0.05) is 18.2 Å². The molecule has 4 nitrogen and oxygen atoms in total. The zero-order valence-electron chi connectivity index (χ0n) is 15.7. The van der Waals surface area contributed by atoms with E-state index in [0.717, 1.165) is 35.5 Å². The minimum Gasteiger partial charge on any atom is -0.497 e. The Kier molecular flexibility index (Phi) is 5.03. The second kappa shape index (κ2) is 7.24. The number of carbonyl (C=O) groups excluding carboxylic acids is 1. The first-order chi connectivity index (χ1) is 12.4. The van der Waals surface area contributed by atoms with E-state index in [1.165, 1.54) is 0 Å². The molecule has 0 spiro atoms. The average Bonchev–Trinajstić information content (AvgIpc) is 2.64. The number of hydrogen-bond acceptors (Lipinski definition) is 4. The van der Waals surface area contributed by atoms with Gasteiger partial charge in [-0.05, 0) is 62.6 Å². The molecule has 0 saturated heterocycles. The van der Waals surface area contributed by atoms with Gasteiger partial charge in [0.05, 0.1) is 19.8 Å². The zero-order chi connectivity index (χ0) is 18.7. The van der Waals surface area contributed by atoms with Crippen molar-refractivity contribution in [3.8, 4) is 17.2 Å². The molecule has 0 aromatic heterocycles. The molecule has 0 amide bonds. The van der Waals surface area contributed by atoms with Crippen LogP contribution in [0.4, 0.5) is 0 Å². The number of rotatable bonds is 5. The van der Waals surface area contributed by atoms with Crippen LogP contribution in [0.15, 0.2) is 42.5 Å². The molecule has 3 rings (SSSR count). The SMILES string of the molecule is COc1ccc(/C=C/C(=O)c2ccc(OC)c3c2OC(C)(C)CC3)cc1. The predicted octanol–water partition coefficient (Wildman–Crippen LogP) is 4.70. The van der Waals surface area contributed by atoms with Crippen LogP contribution in [0.3, 0.4) is 0 Å². The van der Waals surface area contributed by atoms with Crippen molar-refractivity contribution in [3.63, 3.8) is 0 Å². The number of allylic oxidation sites excluding steroid dienone is 1. The van der Waals surface area contributed by atoms with Gasteiger partial charge in [-0.2, -0.15) is 0 Å². The van der Waals surface area contributed by atoms with Crippen molar-refractivity contribution in [3.05, 3.63) is 59.2 Å². The van der Waals surface area contributed by atoms with E-state index in [1.54, 1.807) is 32.4 Å². The Morgan fingerprint density at radius 3 is 2.46 bits per heavy atom. The molecule has 0 aliphatic carbocycles. The van der Waals surface area contributed by atoms with Gasteiger partial charge in [0.2, 0.25) is 0 Å². The van der Waals surface area contributed by atoms with E-state index < -0.39 is 0 Å². The first kappa shape index (κ1) is 18.1. The maximum Gasteiger partial charge on any atom is 0.189 e. The van der Waals surface area contributed by atoms with Crippen LogP contribution < -0.4 is 14.2 Å². The van der Waals surface area contributed by atoms with E-state index >= 15 is 0 Å².